The first-order valence-electron chi connectivity index (χ1n) is 14.4. The zero-order valence-electron chi connectivity index (χ0n) is 27.8. The number of ether oxygens (including phenoxy) is 4. The van der Waals surface area contributed by atoms with E-state index in [1.54, 1.807) is 83.1 Å². The Kier molecular flexibility index (Phi) is 12.6. The highest BCUT2D eigenvalue weighted by molar-refractivity contribution is 5.82. The SMILES string of the molecule is CC(C)(C)OC(=O)[C@H]1CN(C(=O)OC(C)(C)C)C[C@@H]1/C=N/O.CC(C)(C)OC(=O)[C@H]1CN(C(=O)OC(C)(C)C)C[C@@H]1C=O. The van der Waals surface area contributed by atoms with Crippen LogP contribution >= 0.6 is 0 Å². The second-order valence-corrected chi connectivity index (χ2v) is 14.8. The van der Waals surface area contributed by atoms with Gasteiger partial charge in [0.15, 0.2) is 0 Å². The van der Waals surface area contributed by atoms with Gasteiger partial charge in [0.1, 0.15) is 28.7 Å². The third kappa shape index (κ3) is 13.6. The van der Waals surface area contributed by atoms with Gasteiger partial charge >= 0.3 is 24.1 Å². The van der Waals surface area contributed by atoms with E-state index in [0.29, 0.717) is 6.29 Å². The van der Waals surface area contributed by atoms with Crippen LogP contribution in [0, 0.1) is 23.7 Å². The maximum atomic E-state index is 12.3. The number of carbonyl (C=O) groups excluding carboxylic acids is 5. The Labute approximate surface area is 255 Å². The maximum Gasteiger partial charge on any atom is 0.410 e. The molecule has 13 heteroatoms. The van der Waals surface area contributed by atoms with Crippen LogP contribution in [0.1, 0.15) is 83.1 Å². The number of amides is 2. The van der Waals surface area contributed by atoms with Gasteiger partial charge in [-0.2, -0.15) is 0 Å². The molecular weight excluding hydrogens is 562 g/mol. The fourth-order valence-electron chi connectivity index (χ4n) is 4.24. The molecule has 2 rings (SSSR count). The fourth-order valence-corrected chi connectivity index (χ4v) is 4.24. The standard InChI is InChI=1S/C15H26N2O5.C15H25NO5/c1-14(2,3)21-12(18)11-9-17(8-10(11)7-16-20)13(19)22-15(4,5)6;1-14(2,3)20-12(18)11-8-16(7-10(11)9-17)13(19)21-15(4,5)6/h7,10-11,20H,8-9H2,1-6H3;9-11H,7-8H2,1-6H3/b16-7+;/t10-,11-;10-,11+/m01/s1. The van der Waals surface area contributed by atoms with Gasteiger partial charge in [0.25, 0.3) is 0 Å². The van der Waals surface area contributed by atoms with E-state index >= 15 is 0 Å². The third-order valence-corrected chi connectivity index (χ3v) is 5.89. The molecule has 2 aliphatic rings. The Hall–Kier alpha value is -3.38. The van der Waals surface area contributed by atoms with E-state index in [-0.39, 0.29) is 26.2 Å². The number of hydrogen-bond acceptors (Lipinski definition) is 11. The minimum Gasteiger partial charge on any atom is -0.460 e. The summed E-state index contributed by atoms with van der Waals surface area (Å²) < 4.78 is 21.2. The second kappa shape index (κ2) is 14.4. The number of likely N-dealkylation sites (tertiary alicyclic amines) is 2. The van der Waals surface area contributed by atoms with E-state index in [1.807, 2.05) is 0 Å². The van der Waals surface area contributed by atoms with E-state index in [0.717, 1.165) is 0 Å². The van der Waals surface area contributed by atoms with Crippen molar-refractivity contribution in [3.63, 3.8) is 0 Å². The average molecular weight is 614 g/mol. The minimum atomic E-state index is -0.630. The number of esters is 2. The van der Waals surface area contributed by atoms with Gasteiger partial charge in [0.05, 0.1) is 11.8 Å². The highest BCUT2D eigenvalue weighted by Gasteiger charge is 2.44. The molecule has 246 valence electrons. The van der Waals surface area contributed by atoms with Gasteiger partial charge in [0, 0.05) is 44.2 Å². The predicted octanol–water partition coefficient (Wildman–Crippen LogP) is 4.28. The van der Waals surface area contributed by atoms with Gasteiger partial charge in [-0.05, 0) is 83.1 Å². The van der Waals surface area contributed by atoms with E-state index < -0.39 is 70.2 Å². The molecule has 0 aromatic rings. The fraction of sp³-hybridized carbons (Fsp3) is 0.800. The first-order chi connectivity index (χ1) is 19.4. The summed E-state index contributed by atoms with van der Waals surface area (Å²) in [5, 5.41) is 11.8. The van der Waals surface area contributed by atoms with Crippen LogP contribution in [0.5, 0.6) is 0 Å². The largest absolute Gasteiger partial charge is 0.460 e. The van der Waals surface area contributed by atoms with Crippen LogP contribution in [0.4, 0.5) is 9.59 Å². The molecule has 2 heterocycles. The Morgan fingerprint density at radius 2 is 0.930 bits per heavy atom. The van der Waals surface area contributed by atoms with Crippen molar-refractivity contribution in [2.24, 2.45) is 28.8 Å². The van der Waals surface area contributed by atoms with Crippen LogP contribution in [0.2, 0.25) is 0 Å². The van der Waals surface area contributed by atoms with E-state index in [2.05, 4.69) is 5.16 Å². The van der Waals surface area contributed by atoms with Gasteiger partial charge in [-0.25, -0.2) is 9.59 Å². The highest BCUT2D eigenvalue weighted by Crippen LogP contribution is 2.28. The number of oxime groups is 1. The van der Waals surface area contributed by atoms with Crippen molar-refractivity contribution >= 4 is 36.6 Å². The summed E-state index contributed by atoms with van der Waals surface area (Å²) in [6.45, 7) is 22.0. The number of aldehydes is 1. The first kappa shape index (κ1) is 37.6. The first-order valence-corrected chi connectivity index (χ1v) is 14.4. The topological polar surface area (TPSA) is 161 Å². The lowest BCUT2D eigenvalue weighted by Gasteiger charge is -2.25. The van der Waals surface area contributed by atoms with Gasteiger partial charge in [-0.15, -0.1) is 5.16 Å². The van der Waals surface area contributed by atoms with Crippen LogP contribution < -0.4 is 0 Å². The number of carbonyl (C=O) groups is 5. The summed E-state index contributed by atoms with van der Waals surface area (Å²) in [6.07, 6.45) is 0.966. The molecule has 43 heavy (non-hydrogen) atoms. The number of rotatable bonds is 4. The Bertz CT molecular complexity index is 1030. The summed E-state index contributed by atoms with van der Waals surface area (Å²) in [4.78, 5) is 62.5. The average Bonchev–Trinajstić information content (AvgIpc) is 3.40. The molecule has 2 fully saturated rings. The van der Waals surface area contributed by atoms with Crippen molar-refractivity contribution in [1.29, 1.82) is 0 Å². The molecule has 2 aliphatic heterocycles. The Morgan fingerprint density at radius 3 is 1.23 bits per heavy atom. The highest BCUT2D eigenvalue weighted by atomic mass is 16.6. The maximum absolute atomic E-state index is 12.3. The summed E-state index contributed by atoms with van der Waals surface area (Å²) in [5.41, 5.74) is -2.46. The molecule has 1 N–H and O–H groups in total. The van der Waals surface area contributed by atoms with Gasteiger partial charge < -0.3 is 38.7 Å². The lowest BCUT2D eigenvalue weighted by molar-refractivity contribution is -0.161. The number of nitrogens with zero attached hydrogens (tertiary/aromatic N) is 3. The van der Waals surface area contributed by atoms with Crippen molar-refractivity contribution in [2.75, 3.05) is 26.2 Å². The lowest BCUT2D eigenvalue weighted by Crippen LogP contribution is -2.36. The van der Waals surface area contributed by atoms with Crippen molar-refractivity contribution in [1.82, 2.24) is 9.80 Å². The van der Waals surface area contributed by atoms with Crippen molar-refractivity contribution in [3.8, 4) is 0 Å². The summed E-state index contributed by atoms with van der Waals surface area (Å²) in [7, 11) is 0. The summed E-state index contributed by atoms with van der Waals surface area (Å²) >= 11 is 0. The molecule has 0 saturated carbocycles. The van der Waals surface area contributed by atoms with E-state index in [1.165, 1.54) is 16.0 Å². The second-order valence-electron chi connectivity index (χ2n) is 14.8. The third-order valence-electron chi connectivity index (χ3n) is 5.89. The van der Waals surface area contributed by atoms with Crippen LogP contribution in [0.15, 0.2) is 5.16 Å². The van der Waals surface area contributed by atoms with E-state index in [9.17, 15) is 24.0 Å². The Balaban J connectivity index is 0.000000430. The predicted molar refractivity (Wildman–Crippen MR) is 158 cm³/mol. The van der Waals surface area contributed by atoms with Gasteiger partial charge in [-0.3, -0.25) is 9.59 Å². The van der Waals surface area contributed by atoms with Crippen molar-refractivity contribution < 1.29 is 48.1 Å². The van der Waals surface area contributed by atoms with Gasteiger partial charge in [0.2, 0.25) is 0 Å². The van der Waals surface area contributed by atoms with Crippen LogP contribution in [0.25, 0.3) is 0 Å². The summed E-state index contributed by atoms with van der Waals surface area (Å²) in [5.74, 6) is -3.01. The number of hydrogen-bond donors (Lipinski definition) is 1. The monoisotopic (exact) mass is 613 g/mol. The molecule has 4 atom stereocenters. The lowest BCUT2D eigenvalue weighted by atomic mass is 9.97. The molecule has 13 nitrogen and oxygen atoms in total. The van der Waals surface area contributed by atoms with Gasteiger partial charge in [-0.1, -0.05) is 0 Å². The molecule has 0 aliphatic carbocycles. The van der Waals surface area contributed by atoms with Crippen LogP contribution in [-0.2, 0) is 33.3 Å². The van der Waals surface area contributed by atoms with E-state index in [4.69, 9.17) is 24.2 Å². The molecular formula is C30H51N3O10. The molecule has 0 unspecified atom stereocenters. The molecule has 0 aromatic heterocycles. The zero-order valence-corrected chi connectivity index (χ0v) is 27.8. The molecule has 2 amide bonds. The van der Waals surface area contributed by atoms with Crippen LogP contribution in [-0.4, -0.2) is 100 Å². The Morgan fingerprint density at radius 1 is 0.605 bits per heavy atom. The zero-order chi connectivity index (χ0) is 33.6. The smallest absolute Gasteiger partial charge is 0.410 e. The molecule has 0 bridgehead atoms. The molecule has 0 radical (unpaired) electrons. The normalized spacial score (nSPS) is 22.9. The molecule has 2 saturated heterocycles. The molecule has 0 aromatic carbocycles. The minimum absolute atomic E-state index is 0.146. The molecule has 0 spiro atoms. The summed E-state index contributed by atoms with van der Waals surface area (Å²) in [6, 6.07) is 0. The quantitative estimate of drug-likeness (QED) is 0.121. The van der Waals surface area contributed by atoms with Crippen molar-refractivity contribution in [3.05, 3.63) is 0 Å². The van der Waals surface area contributed by atoms with Crippen molar-refractivity contribution in [2.45, 2.75) is 105 Å². The van der Waals surface area contributed by atoms with Crippen LogP contribution in [0.3, 0.4) is 0 Å².